The molecule has 1 heterocycles. The third-order valence-electron chi connectivity index (χ3n) is 3.01. The molecule has 0 fully saturated rings. The quantitative estimate of drug-likeness (QED) is 0.755. The van der Waals surface area contributed by atoms with Crippen LogP contribution in [0.1, 0.15) is 27.0 Å². The molecule has 0 radical (unpaired) electrons. The molecule has 5 nitrogen and oxygen atoms in total. The van der Waals surface area contributed by atoms with E-state index in [1.807, 2.05) is 19.9 Å². The van der Waals surface area contributed by atoms with Gasteiger partial charge in [0, 0.05) is 0 Å². The van der Waals surface area contributed by atoms with Gasteiger partial charge >= 0.3 is 5.97 Å². The zero-order valence-corrected chi connectivity index (χ0v) is 9.81. The van der Waals surface area contributed by atoms with Gasteiger partial charge in [0.2, 0.25) is 11.8 Å². The molecule has 0 saturated carbocycles. The lowest BCUT2D eigenvalue weighted by molar-refractivity contribution is -0.137. The number of fused-ring (bicyclic) bond motifs is 1. The Hall–Kier alpha value is -2.04. The maximum absolute atomic E-state index is 12.0. The molecular formula is C12H12N2O3. The lowest BCUT2D eigenvalue weighted by Gasteiger charge is -2.18. The molecule has 0 bridgehead atoms. The van der Waals surface area contributed by atoms with E-state index >= 15 is 0 Å². The van der Waals surface area contributed by atoms with Gasteiger partial charge in [-0.25, -0.2) is 4.79 Å². The smallest absolute Gasteiger partial charge is 0.338 e. The number of rotatable bonds is 1. The van der Waals surface area contributed by atoms with Gasteiger partial charge in [0.1, 0.15) is 0 Å². The van der Waals surface area contributed by atoms with Gasteiger partial charge in [-0.1, -0.05) is 6.07 Å². The number of carbonyl (C=O) groups is 2. The average molecular weight is 232 g/mol. The summed E-state index contributed by atoms with van der Waals surface area (Å²) in [6.45, 7) is 5.52. The second kappa shape index (κ2) is 3.76. The van der Waals surface area contributed by atoms with E-state index in [0.717, 1.165) is 16.7 Å². The fourth-order valence-electron chi connectivity index (χ4n) is 1.97. The first-order chi connectivity index (χ1) is 7.93. The summed E-state index contributed by atoms with van der Waals surface area (Å²) in [5, 5.41) is 16.3. The zero-order chi connectivity index (χ0) is 12.7. The summed E-state index contributed by atoms with van der Waals surface area (Å²) >= 11 is 0. The van der Waals surface area contributed by atoms with Gasteiger partial charge < -0.3 is 5.11 Å². The molecule has 5 heteroatoms. The Morgan fingerprint density at radius 2 is 1.94 bits per heavy atom. The summed E-state index contributed by atoms with van der Waals surface area (Å²) in [5.41, 5.74) is 3.46. The van der Waals surface area contributed by atoms with E-state index in [1.165, 1.54) is 0 Å². The lowest BCUT2D eigenvalue weighted by Crippen LogP contribution is -2.30. The van der Waals surface area contributed by atoms with Crippen molar-refractivity contribution in [1.29, 1.82) is 0 Å². The fourth-order valence-corrected chi connectivity index (χ4v) is 1.97. The molecule has 1 aromatic rings. The third-order valence-corrected chi connectivity index (χ3v) is 3.01. The molecule has 0 amide bonds. The Bertz CT molecular complexity index is 561. The lowest BCUT2D eigenvalue weighted by atomic mass is 9.91. The minimum atomic E-state index is -1.40. The van der Waals surface area contributed by atoms with Gasteiger partial charge in [0.25, 0.3) is 0 Å². The number of benzene rings is 1. The van der Waals surface area contributed by atoms with Crippen LogP contribution in [0.15, 0.2) is 16.3 Å². The van der Waals surface area contributed by atoms with E-state index < -0.39 is 17.8 Å². The van der Waals surface area contributed by atoms with Gasteiger partial charge in [-0.15, -0.1) is 0 Å². The van der Waals surface area contributed by atoms with E-state index in [9.17, 15) is 9.59 Å². The van der Waals surface area contributed by atoms with Crippen molar-refractivity contribution in [3.63, 3.8) is 0 Å². The molecule has 88 valence electrons. The van der Waals surface area contributed by atoms with Crippen molar-refractivity contribution in [2.45, 2.75) is 26.8 Å². The highest BCUT2D eigenvalue weighted by Crippen LogP contribution is 2.34. The molecule has 1 unspecified atom stereocenters. The molecule has 1 atom stereocenters. The summed E-state index contributed by atoms with van der Waals surface area (Å²) in [6.07, 6.45) is 0. The van der Waals surface area contributed by atoms with Crippen molar-refractivity contribution in [1.82, 2.24) is 0 Å². The van der Waals surface area contributed by atoms with E-state index in [2.05, 4.69) is 10.2 Å². The van der Waals surface area contributed by atoms with Crippen LogP contribution in [0.2, 0.25) is 0 Å². The maximum Gasteiger partial charge on any atom is 0.338 e. The van der Waals surface area contributed by atoms with E-state index in [0.29, 0.717) is 11.3 Å². The number of hydrogen-bond acceptors (Lipinski definition) is 4. The molecule has 0 spiro atoms. The van der Waals surface area contributed by atoms with Crippen LogP contribution in [0.5, 0.6) is 0 Å². The van der Waals surface area contributed by atoms with Crippen molar-refractivity contribution in [3.05, 3.63) is 28.3 Å². The molecule has 2 rings (SSSR count). The van der Waals surface area contributed by atoms with E-state index in [4.69, 9.17) is 5.11 Å². The van der Waals surface area contributed by atoms with Crippen molar-refractivity contribution >= 4 is 17.4 Å². The van der Waals surface area contributed by atoms with Gasteiger partial charge in [-0.3, -0.25) is 4.79 Å². The molecule has 0 aliphatic carbocycles. The predicted molar refractivity (Wildman–Crippen MR) is 60.9 cm³/mol. The van der Waals surface area contributed by atoms with Crippen LogP contribution in [-0.2, 0) is 4.79 Å². The SMILES string of the molecule is Cc1cc(C)c2c(c1C)C(=O)C(C(=O)O)N=N2. The molecular weight excluding hydrogens is 220 g/mol. The Labute approximate surface area is 98.2 Å². The Balaban J connectivity index is 2.70. The molecule has 0 saturated heterocycles. The van der Waals surface area contributed by atoms with Crippen LogP contribution in [0.3, 0.4) is 0 Å². The number of hydrogen-bond donors (Lipinski definition) is 1. The first kappa shape index (κ1) is 11.4. The number of nitrogens with zero attached hydrogens (tertiary/aromatic N) is 2. The number of azo groups is 1. The summed E-state index contributed by atoms with van der Waals surface area (Å²) in [7, 11) is 0. The second-order valence-electron chi connectivity index (χ2n) is 4.18. The maximum atomic E-state index is 12.0. The molecule has 1 aromatic carbocycles. The number of carboxylic acids is 1. The molecule has 0 aromatic heterocycles. The summed E-state index contributed by atoms with van der Waals surface area (Å²) in [4.78, 5) is 22.9. The largest absolute Gasteiger partial charge is 0.479 e. The van der Waals surface area contributed by atoms with Crippen LogP contribution < -0.4 is 0 Å². The number of carboxylic acid groups (broad SMARTS) is 1. The van der Waals surface area contributed by atoms with Crippen LogP contribution in [0.25, 0.3) is 0 Å². The Morgan fingerprint density at radius 1 is 1.29 bits per heavy atom. The number of Topliss-reactive ketones (excluding diaryl/α,β-unsaturated/α-hetero) is 1. The third kappa shape index (κ3) is 1.63. The minimum Gasteiger partial charge on any atom is -0.479 e. The van der Waals surface area contributed by atoms with Crippen molar-refractivity contribution in [2.24, 2.45) is 10.2 Å². The highest BCUT2D eigenvalue weighted by molar-refractivity contribution is 6.15. The van der Waals surface area contributed by atoms with Crippen LogP contribution in [-0.4, -0.2) is 22.9 Å². The Morgan fingerprint density at radius 3 is 2.53 bits per heavy atom. The first-order valence-corrected chi connectivity index (χ1v) is 5.22. The van der Waals surface area contributed by atoms with Gasteiger partial charge in [0.15, 0.2) is 0 Å². The summed E-state index contributed by atoms with van der Waals surface area (Å²) in [5.74, 6) is -1.74. The number of aryl methyl sites for hydroxylation is 2. The monoisotopic (exact) mass is 232 g/mol. The Kier molecular flexibility index (Phi) is 2.53. The first-order valence-electron chi connectivity index (χ1n) is 5.22. The molecule has 17 heavy (non-hydrogen) atoms. The number of aliphatic carboxylic acids is 1. The fraction of sp³-hybridized carbons (Fsp3) is 0.333. The van der Waals surface area contributed by atoms with E-state index in [1.54, 1.807) is 6.92 Å². The van der Waals surface area contributed by atoms with E-state index in [-0.39, 0.29) is 0 Å². The van der Waals surface area contributed by atoms with Gasteiger partial charge in [-0.05, 0) is 37.5 Å². The van der Waals surface area contributed by atoms with Crippen LogP contribution in [0, 0.1) is 20.8 Å². The molecule has 1 N–H and O–H groups in total. The zero-order valence-electron chi connectivity index (χ0n) is 9.81. The second-order valence-corrected chi connectivity index (χ2v) is 4.18. The topological polar surface area (TPSA) is 79.1 Å². The van der Waals surface area contributed by atoms with Gasteiger partial charge in [-0.2, -0.15) is 10.2 Å². The molecule has 1 aliphatic heterocycles. The van der Waals surface area contributed by atoms with Gasteiger partial charge in [0.05, 0.1) is 11.3 Å². The molecule has 1 aliphatic rings. The number of carbonyl (C=O) groups excluding carboxylic acids is 1. The number of ketones is 1. The average Bonchev–Trinajstić information content (AvgIpc) is 2.25. The minimum absolute atomic E-state index is 0.393. The van der Waals surface area contributed by atoms with Crippen molar-refractivity contribution < 1.29 is 14.7 Å². The van der Waals surface area contributed by atoms with Crippen LogP contribution >= 0.6 is 0 Å². The summed E-state index contributed by atoms with van der Waals surface area (Å²) in [6, 6.07) is 0.518. The predicted octanol–water partition coefficient (Wildman–Crippen LogP) is 2.35. The van der Waals surface area contributed by atoms with Crippen molar-refractivity contribution in [3.8, 4) is 0 Å². The highest BCUT2D eigenvalue weighted by Gasteiger charge is 2.34. The van der Waals surface area contributed by atoms with Crippen LogP contribution in [0.4, 0.5) is 5.69 Å². The normalized spacial score (nSPS) is 18.1. The highest BCUT2D eigenvalue weighted by atomic mass is 16.4. The standard InChI is InChI=1S/C12H12N2O3/c1-5-4-6(2)9-8(7(5)3)11(15)10(12(16)17)14-13-9/h4,10H,1-3H3,(H,16,17). The summed E-state index contributed by atoms with van der Waals surface area (Å²) < 4.78 is 0. The van der Waals surface area contributed by atoms with Crippen molar-refractivity contribution in [2.75, 3.05) is 0 Å².